The Hall–Kier alpha value is -1.20. The van der Waals surface area contributed by atoms with Crippen molar-refractivity contribution in [3.05, 3.63) is 23.8 Å². The first-order valence-electron chi connectivity index (χ1n) is 5.00. The number of hydrogen-bond donors (Lipinski definition) is 3. The van der Waals surface area contributed by atoms with E-state index in [2.05, 4.69) is 5.32 Å². The summed E-state index contributed by atoms with van der Waals surface area (Å²) < 4.78 is 0. The van der Waals surface area contributed by atoms with E-state index in [9.17, 15) is 9.90 Å². The van der Waals surface area contributed by atoms with Gasteiger partial charge >= 0.3 is 0 Å². The van der Waals surface area contributed by atoms with Crippen molar-refractivity contribution in [1.82, 2.24) is 0 Å². The fourth-order valence-electron chi connectivity index (χ4n) is 1.18. The van der Waals surface area contributed by atoms with Crippen LogP contribution in [0.2, 0.25) is 0 Å². The molecule has 88 valence electrons. The molecule has 0 unspecified atom stereocenters. The van der Waals surface area contributed by atoms with Gasteiger partial charge in [0.25, 0.3) is 0 Å². The number of anilines is 1. The lowest BCUT2D eigenvalue weighted by Gasteiger charge is -2.07. The van der Waals surface area contributed by atoms with Gasteiger partial charge in [-0.25, -0.2) is 0 Å². The second kappa shape index (κ2) is 6.40. The van der Waals surface area contributed by atoms with Crippen molar-refractivity contribution in [3.8, 4) is 5.75 Å². The second-order valence-corrected chi connectivity index (χ2v) is 4.52. The quantitative estimate of drug-likeness (QED) is 0.536. The smallest absolute Gasteiger partial charge is 0.234 e. The lowest BCUT2D eigenvalue weighted by atomic mass is 10.2. The van der Waals surface area contributed by atoms with E-state index in [-0.39, 0.29) is 11.7 Å². The maximum atomic E-state index is 11.4. The highest BCUT2D eigenvalue weighted by Gasteiger charge is 2.06. The number of nitrogens with one attached hydrogen (secondary N) is 1. The van der Waals surface area contributed by atoms with Crippen LogP contribution in [0, 0.1) is 6.92 Å². The second-order valence-electron chi connectivity index (χ2n) is 3.41. The number of hydrogen-bond acceptors (Lipinski definition) is 4. The average molecular weight is 240 g/mol. The summed E-state index contributed by atoms with van der Waals surface area (Å²) in [6.45, 7) is 2.44. The number of aryl methyl sites for hydroxylation is 1. The van der Waals surface area contributed by atoms with E-state index >= 15 is 0 Å². The highest BCUT2D eigenvalue weighted by Crippen LogP contribution is 2.23. The fourth-order valence-corrected chi connectivity index (χ4v) is 1.75. The summed E-state index contributed by atoms with van der Waals surface area (Å²) in [5, 5.41) is 12.2. The predicted molar refractivity (Wildman–Crippen MR) is 67.9 cm³/mol. The number of aromatic hydroxyl groups is 1. The normalized spacial score (nSPS) is 10.1. The van der Waals surface area contributed by atoms with Gasteiger partial charge in [0.05, 0.1) is 11.4 Å². The maximum absolute atomic E-state index is 11.4. The molecule has 5 heteroatoms. The monoisotopic (exact) mass is 240 g/mol. The Morgan fingerprint density at radius 3 is 2.94 bits per heavy atom. The molecule has 0 saturated heterocycles. The molecule has 0 saturated carbocycles. The third-order valence-corrected chi connectivity index (χ3v) is 2.91. The van der Waals surface area contributed by atoms with Gasteiger partial charge in [0.15, 0.2) is 0 Å². The Balaban J connectivity index is 2.49. The summed E-state index contributed by atoms with van der Waals surface area (Å²) in [4.78, 5) is 11.4. The van der Waals surface area contributed by atoms with Gasteiger partial charge < -0.3 is 16.2 Å². The van der Waals surface area contributed by atoms with Crippen LogP contribution in [0.5, 0.6) is 5.75 Å². The molecule has 0 aromatic heterocycles. The van der Waals surface area contributed by atoms with Crippen molar-refractivity contribution in [2.75, 3.05) is 23.4 Å². The van der Waals surface area contributed by atoms with Crippen molar-refractivity contribution in [3.63, 3.8) is 0 Å². The molecule has 0 radical (unpaired) electrons. The van der Waals surface area contributed by atoms with Gasteiger partial charge in [0.2, 0.25) is 5.91 Å². The van der Waals surface area contributed by atoms with Gasteiger partial charge in [-0.1, -0.05) is 6.07 Å². The summed E-state index contributed by atoms with van der Waals surface area (Å²) in [5.41, 5.74) is 6.72. The number of amides is 1. The molecule has 4 nitrogen and oxygen atoms in total. The van der Waals surface area contributed by atoms with Crippen molar-refractivity contribution < 1.29 is 9.90 Å². The topological polar surface area (TPSA) is 75.4 Å². The molecule has 0 fully saturated rings. The third kappa shape index (κ3) is 4.12. The highest BCUT2D eigenvalue weighted by atomic mass is 32.2. The number of phenolic OH excluding ortho intramolecular Hbond substituents is 1. The lowest BCUT2D eigenvalue weighted by Crippen LogP contribution is -2.15. The number of thioether (sulfide) groups is 1. The molecule has 0 spiro atoms. The largest absolute Gasteiger partial charge is 0.506 e. The number of carbonyl (C=O) groups is 1. The Kier molecular flexibility index (Phi) is 5.14. The van der Waals surface area contributed by atoms with Crippen LogP contribution in [0.4, 0.5) is 5.69 Å². The predicted octanol–water partition coefficient (Wildman–Crippen LogP) is 1.33. The fraction of sp³-hybridized carbons (Fsp3) is 0.364. The molecule has 0 aliphatic carbocycles. The summed E-state index contributed by atoms with van der Waals surface area (Å²) in [6.07, 6.45) is 0. The first-order valence-corrected chi connectivity index (χ1v) is 6.16. The minimum atomic E-state index is -0.127. The molecule has 0 aliphatic heterocycles. The van der Waals surface area contributed by atoms with Gasteiger partial charge in [-0.3, -0.25) is 4.79 Å². The number of rotatable bonds is 5. The van der Waals surface area contributed by atoms with Gasteiger partial charge in [-0.2, -0.15) is 11.8 Å². The molecule has 0 bridgehead atoms. The van der Waals surface area contributed by atoms with Crippen LogP contribution in [0.1, 0.15) is 5.56 Å². The molecule has 0 heterocycles. The Morgan fingerprint density at radius 1 is 1.56 bits per heavy atom. The highest BCUT2D eigenvalue weighted by molar-refractivity contribution is 7.99. The zero-order valence-corrected chi connectivity index (χ0v) is 10.0. The summed E-state index contributed by atoms with van der Waals surface area (Å²) in [6, 6.07) is 5.14. The molecular weight excluding hydrogens is 224 g/mol. The molecule has 1 aromatic carbocycles. The number of carbonyl (C=O) groups excluding carboxylic acids is 1. The van der Waals surface area contributed by atoms with Crippen LogP contribution in [0.3, 0.4) is 0 Å². The molecule has 16 heavy (non-hydrogen) atoms. The van der Waals surface area contributed by atoms with Gasteiger partial charge in [0.1, 0.15) is 5.75 Å². The molecular formula is C11H16N2O2S. The molecule has 4 N–H and O–H groups in total. The van der Waals surface area contributed by atoms with E-state index in [0.717, 1.165) is 11.3 Å². The van der Waals surface area contributed by atoms with Gasteiger partial charge in [-0.05, 0) is 24.6 Å². The van der Waals surface area contributed by atoms with Crippen molar-refractivity contribution in [2.45, 2.75) is 6.92 Å². The first kappa shape index (κ1) is 12.9. The zero-order chi connectivity index (χ0) is 12.0. The first-order chi connectivity index (χ1) is 7.63. The minimum absolute atomic E-state index is 0.0946. The molecule has 1 aromatic rings. The Morgan fingerprint density at radius 2 is 2.31 bits per heavy atom. The molecule has 0 aliphatic rings. The Labute approximate surface area is 99.2 Å². The number of benzene rings is 1. The van der Waals surface area contributed by atoms with Gasteiger partial charge in [-0.15, -0.1) is 0 Å². The molecule has 1 rings (SSSR count). The summed E-state index contributed by atoms with van der Waals surface area (Å²) >= 11 is 1.47. The zero-order valence-electron chi connectivity index (χ0n) is 9.19. The van der Waals surface area contributed by atoms with Gasteiger partial charge in [0, 0.05) is 12.3 Å². The van der Waals surface area contributed by atoms with Crippen LogP contribution in [-0.2, 0) is 4.79 Å². The standard InChI is InChI=1S/C11H16N2O2S/c1-8-2-3-9(10(14)6-8)13-11(15)7-16-5-4-12/h2-3,6,14H,4-5,7,12H2,1H3,(H,13,15). The Bertz CT molecular complexity index is 369. The average Bonchev–Trinajstić information content (AvgIpc) is 2.23. The van der Waals surface area contributed by atoms with Crippen molar-refractivity contribution in [2.24, 2.45) is 5.73 Å². The van der Waals surface area contributed by atoms with Crippen molar-refractivity contribution >= 4 is 23.4 Å². The minimum Gasteiger partial charge on any atom is -0.506 e. The van der Waals surface area contributed by atoms with Crippen LogP contribution in [0.15, 0.2) is 18.2 Å². The van der Waals surface area contributed by atoms with E-state index in [4.69, 9.17) is 5.73 Å². The van der Waals surface area contributed by atoms with Crippen molar-refractivity contribution in [1.29, 1.82) is 0 Å². The van der Waals surface area contributed by atoms with E-state index < -0.39 is 0 Å². The lowest BCUT2D eigenvalue weighted by molar-refractivity contribution is -0.113. The summed E-state index contributed by atoms with van der Waals surface area (Å²) in [7, 11) is 0. The van der Waals surface area contributed by atoms with Crippen LogP contribution in [0.25, 0.3) is 0 Å². The molecule has 1 amide bonds. The van der Waals surface area contributed by atoms with E-state index in [1.54, 1.807) is 12.1 Å². The number of nitrogens with two attached hydrogens (primary N) is 1. The van der Waals surface area contributed by atoms with E-state index in [1.165, 1.54) is 11.8 Å². The third-order valence-electron chi connectivity index (χ3n) is 1.92. The molecule has 0 atom stereocenters. The van der Waals surface area contributed by atoms with Crippen LogP contribution >= 0.6 is 11.8 Å². The van der Waals surface area contributed by atoms with E-state index in [1.807, 2.05) is 13.0 Å². The van der Waals surface area contributed by atoms with Crippen LogP contribution in [-0.4, -0.2) is 29.1 Å². The van der Waals surface area contributed by atoms with Crippen LogP contribution < -0.4 is 11.1 Å². The summed E-state index contributed by atoms with van der Waals surface area (Å²) in [5.74, 6) is 1.08. The maximum Gasteiger partial charge on any atom is 0.234 e. The van der Waals surface area contributed by atoms with E-state index in [0.29, 0.717) is 18.0 Å². The SMILES string of the molecule is Cc1ccc(NC(=O)CSCCN)c(O)c1. The number of phenols is 1.